The fourth-order valence-electron chi connectivity index (χ4n) is 3.43. The van der Waals surface area contributed by atoms with Gasteiger partial charge < -0.3 is 9.88 Å². The van der Waals surface area contributed by atoms with E-state index in [0.717, 1.165) is 21.1 Å². The summed E-state index contributed by atoms with van der Waals surface area (Å²) in [5.41, 5.74) is 2.69. The summed E-state index contributed by atoms with van der Waals surface area (Å²) in [5, 5.41) is 3.73. The van der Waals surface area contributed by atoms with E-state index in [9.17, 15) is 9.59 Å². The highest BCUT2D eigenvalue weighted by molar-refractivity contribution is 9.10. The highest BCUT2D eigenvalue weighted by atomic mass is 79.9. The lowest BCUT2D eigenvalue weighted by Crippen LogP contribution is -2.32. The van der Waals surface area contributed by atoms with Crippen LogP contribution in [0.1, 0.15) is 17.2 Å². The first-order valence-corrected chi connectivity index (χ1v) is 10.1. The van der Waals surface area contributed by atoms with Crippen LogP contribution in [0.2, 0.25) is 0 Å². The van der Waals surface area contributed by atoms with Gasteiger partial charge in [-0.05, 0) is 29.3 Å². The average molecular weight is 447 g/mol. The van der Waals surface area contributed by atoms with Gasteiger partial charge in [-0.1, -0.05) is 76.6 Å². The van der Waals surface area contributed by atoms with Crippen molar-refractivity contribution in [3.63, 3.8) is 0 Å². The van der Waals surface area contributed by atoms with Crippen molar-refractivity contribution in [3.8, 4) is 0 Å². The summed E-state index contributed by atoms with van der Waals surface area (Å²) in [6.07, 6.45) is 1.66. The Labute approximate surface area is 176 Å². The third-order valence-corrected chi connectivity index (χ3v) is 5.32. The van der Waals surface area contributed by atoms with E-state index in [1.807, 2.05) is 72.8 Å². The maximum absolute atomic E-state index is 13.0. The molecular formula is C24H19BrN2O2. The Morgan fingerprint density at radius 2 is 1.52 bits per heavy atom. The molecule has 4 aromatic rings. The zero-order valence-electron chi connectivity index (χ0n) is 15.6. The van der Waals surface area contributed by atoms with Crippen molar-refractivity contribution >= 4 is 32.7 Å². The Balaban J connectivity index is 1.64. The first kappa shape index (κ1) is 19.2. The van der Waals surface area contributed by atoms with Gasteiger partial charge in [0.2, 0.25) is 5.91 Å². The Hall–Kier alpha value is -3.18. The van der Waals surface area contributed by atoms with Crippen molar-refractivity contribution in [1.82, 2.24) is 9.88 Å². The number of carbonyl (C=O) groups is 1. The number of halogens is 1. The molecule has 0 saturated heterocycles. The average Bonchev–Trinajstić information content (AvgIpc) is 2.75. The normalized spacial score (nSPS) is 11.0. The molecule has 5 heteroatoms. The molecule has 0 aliphatic rings. The van der Waals surface area contributed by atoms with Crippen LogP contribution in [0.4, 0.5) is 0 Å². The van der Waals surface area contributed by atoms with Gasteiger partial charge in [0.1, 0.15) is 6.54 Å². The van der Waals surface area contributed by atoms with Crippen LogP contribution in [-0.4, -0.2) is 10.5 Å². The largest absolute Gasteiger partial charge is 0.344 e. The standard InChI is InChI=1S/C24H19BrN2O2/c25-19-11-12-20-21(15-19)27(14-13-22(20)28)16-23(29)26-24(17-7-3-1-4-8-17)18-9-5-2-6-10-18/h1-15,24H,16H2,(H,26,29). The first-order valence-electron chi connectivity index (χ1n) is 9.30. The number of benzene rings is 3. The van der Waals surface area contributed by atoms with Gasteiger partial charge in [0, 0.05) is 22.1 Å². The lowest BCUT2D eigenvalue weighted by Gasteiger charge is -2.21. The number of amides is 1. The van der Waals surface area contributed by atoms with Gasteiger partial charge in [-0.2, -0.15) is 0 Å². The van der Waals surface area contributed by atoms with Crippen molar-refractivity contribution in [2.24, 2.45) is 0 Å². The van der Waals surface area contributed by atoms with Gasteiger partial charge in [-0.25, -0.2) is 0 Å². The molecule has 3 aromatic carbocycles. The van der Waals surface area contributed by atoms with Crippen LogP contribution in [0.5, 0.6) is 0 Å². The molecular weight excluding hydrogens is 428 g/mol. The van der Waals surface area contributed by atoms with Crippen molar-refractivity contribution in [2.45, 2.75) is 12.6 Å². The van der Waals surface area contributed by atoms with Gasteiger partial charge >= 0.3 is 0 Å². The monoisotopic (exact) mass is 446 g/mol. The summed E-state index contributed by atoms with van der Waals surface area (Å²) in [5.74, 6) is -0.132. The van der Waals surface area contributed by atoms with Crippen LogP contribution >= 0.6 is 15.9 Å². The Morgan fingerprint density at radius 3 is 2.14 bits per heavy atom. The predicted octanol–water partition coefficient (Wildman–Crippen LogP) is 4.67. The number of carbonyl (C=O) groups excluding carboxylic acids is 1. The number of hydrogen-bond donors (Lipinski definition) is 1. The molecule has 0 bridgehead atoms. The maximum atomic E-state index is 13.0. The molecule has 0 atom stereocenters. The molecule has 0 saturated carbocycles. The smallest absolute Gasteiger partial charge is 0.240 e. The third kappa shape index (κ3) is 4.30. The SMILES string of the molecule is O=C(Cn1ccc(=O)c2ccc(Br)cc21)NC(c1ccccc1)c1ccccc1. The number of rotatable bonds is 5. The second-order valence-electron chi connectivity index (χ2n) is 6.79. The molecule has 4 nitrogen and oxygen atoms in total. The summed E-state index contributed by atoms with van der Waals surface area (Å²) in [7, 11) is 0. The molecule has 1 amide bonds. The number of fused-ring (bicyclic) bond motifs is 1. The van der Waals surface area contributed by atoms with E-state index < -0.39 is 0 Å². The highest BCUT2D eigenvalue weighted by Gasteiger charge is 2.17. The van der Waals surface area contributed by atoms with Crippen LogP contribution in [0, 0.1) is 0 Å². The second-order valence-corrected chi connectivity index (χ2v) is 7.71. The van der Waals surface area contributed by atoms with Gasteiger partial charge in [-0.3, -0.25) is 9.59 Å². The van der Waals surface area contributed by atoms with E-state index in [4.69, 9.17) is 0 Å². The van der Waals surface area contributed by atoms with Crippen LogP contribution in [0.3, 0.4) is 0 Å². The molecule has 1 heterocycles. The van der Waals surface area contributed by atoms with Gasteiger partial charge in [0.25, 0.3) is 0 Å². The number of pyridine rings is 1. The van der Waals surface area contributed by atoms with Crippen molar-refractivity contribution in [2.75, 3.05) is 0 Å². The molecule has 4 rings (SSSR count). The minimum atomic E-state index is -0.248. The number of nitrogens with one attached hydrogen (secondary N) is 1. The van der Waals surface area contributed by atoms with Crippen LogP contribution in [0.15, 0.2) is 100 Å². The second kappa shape index (κ2) is 8.45. The zero-order valence-corrected chi connectivity index (χ0v) is 17.2. The Kier molecular flexibility index (Phi) is 5.58. The molecule has 0 aliphatic carbocycles. The highest BCUT2D eigenvalue weighted by Crippen LogP contribution is 2.22. The van der Waals surface area contributed by atoms with Crippen molar-refractivity contribution in [1.29, 1.82) is 0 Å². The van der Waals surface area contributed by atoms with E-state index in [2.05, 4.69) is 21.2 Å². The Morgan fingerprint density at radius 1 is 0.897 bits per heavy atom. The first-order chi connectivity index (χ1) is 14.1. The van der Waals surface area contributed by atoms with Crippen molar-refractivity contribution in [3.05, 3.63) is 117 Å². The predicted molar refractivity (Wildman–Crippen MR) is 119 cm³/mol. The maximum Gasteiger partial charge on any atom is 0.240 e. The van der Waals surface area contributed by atoms with Crippen LogP contribution in [0.25, 0.3) is 10.9 Å². The quantitative estimate of drug-likeness (QED) is 0.484. The fourth-order valence-corrected chi connectivity index (χ4v) is 3.78. The molecule has 0 unspecified atom stereocenters. The number of hydrogen-bond acceptors (Lipinski definition) is 2. The number of nitrogens with zero attached hydrogens (tertiary/aromatic N) is 1. The van der Waals surface area contributed by atoms with Gasteiger partial charge in [-0.15, -0.1) is 0 Å². The molecule has 0 radical (unpaired) electrons. The molecule has 29 heavy (non-hydrogen) atoms. The van der Waals surface area contributed by atoms with E-state index in [1.165, 1.54) is 6.07 Å². The van der Waals surface area contributed by atoms with Gasteiger partial charge in [0.05, 0.1) is 11.6 Å². The molecule has 1 N–H and O–H groups in total. The minimum Gasteiger partial charge on any atom is -0.344 e. The Bertz CT molecular complexity index is 1160. The van der Waals surface area contributed by atoms with E-state index >= 15 is 0 Å². The lowest BCUT2D eigenvalue weighted by atomic mass is 9.99. The minimum absolute atomic E-state index is 0.0596. The summed E-state index contributed by atoms with van der Waals surface area (Å²) < 4.78 is 2.65. The molecule has 1 aromatic heterocycles. The lowest BCUT2D eigenvalue weighted by molar-refractivity contribution is -0.122. The fraction of sp³-hybridized carbons (Fsp3) is 0.0833. The van der Waals surface area contributed by atoms with Crippen LogP contribution < -0.4 is 10.7 Å². The van der Waals surface area contributed by atoms with Crippen LogP contribution in [-0.2, 0) is 11.3 Å². The van der Waals surface area contributed by atoms with Crippen molar-refractivity contribution < 1.29 is 4.79 Å². The van der Waals surface area contributed by atoms with Gasteiger partial charge in [0.15, 0.2) is 5.43 Å². The topological polar surface area (TPSA) is 51.1 Å². The summed E-state index contributed by atoms with van der Waals surface area (Å²) in [6.45, 7) is 0.114. The molecule has 144 valence electrons. The summed E-state index contributed by atoms with van der Waals surface area (Å²) >= 11 is 3.44. The van der Waals surface area contributed by atoms with E-state index in [1.54, 1.807) is 16.8 Å². The zero-order chi connectivity index (χ0) is 20.2. The summed E-state index contributed by atoms with van der Waals surface area (Å²) in [6, 6.07) is 26.5. The van der Waals surface area contributed by atoms with E-state index in [0.29, 0.717) is 5.39 Å². The van der Waals surface area contributed by atoms with E-state index in [-0.39, 0.29) is 23.9 Å². The molecule has 0 aliphatic heterocycles. The molecule has 0 fully saturated rings. The third-order valence-electron chi connectivity index (χ3n) is 4.83. The molecule has 0 spiro atoms. The summed E-state index contributed by atoms with van der Waals surface area (Å²) in [4.78, 5) is 25.1. The number of aromatic nitrogens is 1.